The molecule has 0 radical (unpaired) electrons. The molecule has 160 valence electrons. The van der Waals surface area contributed by atoms with Gasteiger partial charge in [-0.15, -0.1) is 11.3 Å². The first-order valence-corrected chi connectivity index (χ1v) is 11.0. The predicted octanol–water partition coefficient (Wildman–Crippen LogP) is 4.31. The lowest BCUT2D eigenvalue weighted by atomic mass is 10.2. The third kappa shape index (κ3) is 5.12. The summed E-state index contributed by atoms with van der Waals surface area (Å²) in [5, 5.41) is 2.77. The minimum atomic E-state index is -0.462. The Hall–Kier alpha value is -2.58. The van der Waals surface area contributed by atoms with Crippen molar-refractivity contribution in [1.82, 2.24) is 5.32 Å². The molecule has 1 unspecified atom stereocenters. The standard InChI is InChI=1S/C21H24ClN3O4S/c1-3-11-24(19(26)4-2)14-5-7-15(8-6-14)25-13-16(29-21(25)28)12-23-20(27)17-9-10-18(22)30-17/h5-10,16H,3-4,11-13H2,1-2H3,(H,23,27). The summed E-state index contributed by atoms with van der Waals surface area (Å²) < 4.78 is 5.92. The molecule has 1 fully saturated rings. The molecule has 0 aliphatic carbocycles. The molecule has 1 atom stereocenters. The van der Waals surface area contributed by atoms with E-state index in [1.807, 2.05) is 26.0 Å². The number of nitrogens with one attached hydrogen (secondary N) is 1. The van der Waals surface area contributed by atoms with Gasteiger partial charge in [0.2, 0.25) is 5.91 Å². The maximum absolute atomic E-state index is 12.3. The highest BCUT2D eigenvalue weighted by Gasteiger charge is 2.32. The lowest BCUT2D eigenvalue weighted by molar-refractivity contribution is -0.118. The molecular formula is C21H24ClN3O4S. The van der Waals surface area contributed by atoms with E-state index in [4.69, 9.17) is 16.3 Å². The number of anilines is 2. The highest BCUT2D eigenvalue weighted by atomic mass is 35.5. The maximum atomic E-state index is 12.3. The quantitative estimate of drug-likeness (QED) is 0.651. The third-order valence-corrected chi connectivity index (χ3v) is 5.92. The number of carbonyl (C=O) groups is 3. The SMILES string of the molecule is CCCN(C(=O)CC)c1ccc(N2CC(CNC(=O)c3ccc(Cl)s3)OC2=O)cc1. The zero-order chi connectivity index (χ0) is 21.7. The van der Waals surface area contributed by atoms with Gasteiger partial charge in [-0.1, -0.05) is 25.4 Å². The third-order valence-electron chi connectivity index (χ3n) is 4.69. The fourth-order valence-corrected chi connectivity index (χ4v) is 4.15. The van der Waals surface area contributed by atoms with Crippen molar-refractivity contribution in [2.45, 2.75) is 32.8 Å². The summed E-state index contributed by atoms with van der Waals surface area (Å²) in [6.45, 7) is 5.05. The van der Waals surface area contributed by atoms with Crippen molar-refractivity contribution in [2.24, 2.45) is 0 Å². The van der Waals surface area contributed by atoms with Crippen LogP contribution in [0.3, 0.4) is 0 Å². The molecular weight excluding hydrogens is 426 g/mol. The molecule has 0 saturated carbocycles. The van der Waals surface area contributed by atoms with Gasteiger partial charge >= 0.3 is 6.09 Å². The fourth-order valence-electron chi connectivity index (χ4n) is 3.19. The number of nitrogens with zero attached hydrogens (tertiary/aromatic N) is 2. The van der Waals surface area contributed by atoms with Gasteiger partial charge in [-0.2, -0.15) is 0 Å². The van der Waals surface area contributed by atoms with Gasteiger partial charge in [0.1, 0.15) is 6.10 Å². The van der Waals surface area contributed by atoms with E-state index in [1.165, 1.54) is 16.2 Å². The number of carbonyl (C=O) groups excluding carboxylic acids is 3. The summed E-state index contributed by atoms with van der Waals surface area (Å²) in [4.78, 5) is 40.4. The zero-order valence-electron chi connectivity index (χ0n) is 16.9. The molecule has 3 rings (SSSR count). The summed E-state index contributed by atoms with van der Waals surface area (Å²) in [5.74, 6) is -0.185. The lowest BCUT2D eigenvalue weighted by Crippen LogP contribution is -2.34. The number of rotatable bonds is 8. The van der Waals surface area contributed by atoms with Crippen molar-refractivity contribution in [2.75, 3.05) is 29.4 Å². The minimum Gasteiger partial charge on any atom is -0.442 e. The van der Waals surface area contributed by atoms with Crippen LogP contribution in [-0.4, -0.2) is 43.6 Å². The summed E-state index contributed by atoms with van der Waals surface area (Å²) in [6.07, 6.45) is 0.383. The molecule has 7 nitrogen and oxygen atoms in total. The van der Waals surface area contributed by atoms with Crippen LogP contribution in [0, 0.1) is 0 Å². The average Bonchev–Trinajstić information content (AvgIpc) is 3.35. The fraction of sp³-hybridized carbons (Fsp3) is 0.381. The molecule has 1 saturated heterocycles. The van der Waals surface area contributed by atoms with Crippen LogP contribution in [0.15, 0.2) is 36.4 Å². The second kappa shape index (κ2) is 9.95. The van der Waals surface area contributed by atoms with E-state index in [9.17, 15) is 14.4 Å². The van der Waals surface area contributed by atoms with Crippen molar-refractivity contribution in [1.29, 1.82) is 0 Å². The van der Waals surface area contributed by atoms with E-state index in [0.717, 1.165) is 12.1 Å². The first kappa shape index (κ1) is 22.1. The second-order valence-corrected chi connectivity index (χ2v) is 8.56. The highest BCUT2D eigenvalue weighted by molar-refractivity contribution is 7.18. The molecule has 1 aliphatic heterocycles. The van der Waals surface area contributed by atoms with Crippen molar-refractivity contribution < 1.29 is 19.1 Å². The van der Waals surface area contributed by atoms with Crippen LogP contribution in [0.1, 0.15) is 36.4 Å². The Morgan fingerprint density at radius 2 is 1.97 bits per heavy atom. The number of thiophene rings is 1. The molecule has 3 amide bonds. The Balaban J connectivity index is 1.60. The Morgan fingerprint density at radius 3 is 2.57 bits per heavy atom. The number of amides is 3. The molecule has 2 heterocycles. The van der Waals surface area contributed by atoms with Crippen LogP contribution in [-0.2, 0) is 9.53 Å². The summed E-state index contributed by atoms with van der Waals surface area (Å²) >= 11 is 7.05. The number of halogens is 1. The van der Waals surface area contributed by atoms with Gasteiger partial charge in [-0.25, -0.2) is 4.79 Å². The number of hydrogen-bond acceptors (Lipinski definition) is 5. The predicted molar refractivity (Wildman–Crippen MR) is 119 cm³/mol. The number of ether oxygens (including phenoxy) is 1. The van der Waals surface area contributed by atoms with E-state index < -0.39 is 12.2 Å². The molecule has 1 aliphatic rings. The molecule has 0 spiro atoms. The van der Waals surface area contributed by atoms with Gasteiger partial charge in [-0.05, 0) is 42.8 Å². The highest BCUT2D eigenvalue weighted by Crippen LogP contribution is 2.26. The van der Waals surface area contributed by atoms with Gasteiger partial charge in [0.15, 0.2) is 0 Å². The molecule has 9 heteroatoms. The average molecular weight is 450 g/mol. The van der Waals surface area contributed by atoms with Crippen LogP contribution >= 0.6 is 22.9 Å². The Bertz CT molecular complexity index is 915. The maximum Gasteiger partial charge on any atom is 0.414 e. The van der Waals surface area contributed by atoms with Crippen LogP contribution in [0.25, 0.3) is 0 Å². The molecule has 30 heavy (non-hydrogen) atoms. The van der Waals surface area contributed by atoms with E-state index in [2.05, 4.69) is 5.32 Å². The van der Waals surface area contributed by atoms with E-state index in [1.54, 1.807) is 29.2 Å². The first-order chi connectivity index (χ1) is 14.4. The Kier molecular flexibility index (Phi) is 7.33. The van der Waals surface area contributed by atoms with E-state index >= 15 is 0 Å². The molecule has 1 aromatic heterocycles. The van der Waals surface area contributed by atoms with E-state index in [-0.39, 0.29) is 18.4 Å². The van der Waals surface area contributed by atoms with Gasteiger partial charge in [-0.3, -0.25) is 14.5 Å². The molecule has 1 aromatic carbocycles. The molecule has 0 bridgehead atoms. The monoisotopic (exact) mass is 449 g/mol. The molecule has 2 aromatic rings. The van der Waals surface area contributed by atoms with Crippen molar-refractivity contribution >= 4 is 52.2 Å². The lowest BCUT2D eigenvalue weighted by Gasteiger charge is -2.22. The van der Waals surface area contributed by atoms with Crippen LogP contribution < -0.4 is 15.1 Å². The van der Waals surface area contributed by atoms with Gasteiger partial charge < -0.3 is 15.0 Å². The van der Waals surface area contributed by atoms with E-state index in [0.29, 0.717) is 34.4 Å². The van der Waals surface area contributed by atoms with Gasteiger partial charge in [0.25, 0.3) is 5.91 Å². The Morgan fingerprint density at radius 1 is 1.23 bits per heavy atom. The Labute approximate surface area is 184 Å². The van der Waals surface area contributed by atoms with Crippen molar-refractivity contribution in [3.8, 4) is 0 Å². The molecule has 1 N–H and O–H groups in total. The summed E-state index contributed by atoms with van der Waals surface area (Å²) in [7, 11) is 0. The number of hydrogen-bond donors (Lipinski definition) is 1. The van der Waals surface area contributed by atoms with Crippen LogP contribution in [0.4, 0.5) is 16.2 Å². The summed E-state index contributed by atoms with van der Waals surface area (Å²) in [6, 6.07) is 10.6. The van der Waals surface area contributed by atoms with Crippen molar-refractivity contribution in [3.05, 3.63) is 45.6 Å². The number of benzene rings is 1. The number of cyclic esters (lactones) is 1. The topological polar surface area (TPSA) is 79.0 Å². The normalized spacial score (nSPS) is 15.8. The van der Waals surface area contributed by atoms with Crippen molar-refractivity contribution in [3.63, 3.8) is 0 Å². The zero-order valence-corrected chi connectivity index (χ0v) is 18.5. The summed E-state index contributed by atoms with van der Waals surface area (Å²) in [5.41, 5.74) is 1.49. The second-order valence-electron chi connectivity index (χ2n) is 6.85. The largest absolute Gasteiger partial charge is 0.442 e. The van der Waals surface area contributed by atoms with Crippen LogP contribution in [0.2, 0.25) is 4.34 Å². The van der Waals surface area contributed by atoms with Gasteiger partial charge in [0.05, 0.1) is 22.3 Å². The first-order valence-electron chi connectivity index (χ1n) is 9.85. The van der Waals surface area contributed by atoms with Crippen LogP contribution in [0.5, 0.6) is 0 Å². The minimum absolute atomic E-state index is 0.0630. The van der Waals surface area contributed by atoms with Gasteiger partial charge in [0, 0.05) is 24.3 Å². The smallest absolute Gasteiger partial charge is 0.414 e.